The average molecular weight is 495 g/mol. The summed E-state index contributed by atoms with van der Waals surface area (Å²) < 4.78 is 5.10. The van der Waals surface area contributed by atoms with Crippen molar-refractivity contribution in [3.63, 3.8) is 0 Å². The first-order valence-corrected chi connectivity index (χ1v) is 12.5. The number of benzene rings is 2. The van der Waals surface area contributed by atoms with Gasteiger partial charge in [0.1, 0.15) is 6.04 Å². The maximum atomic E-state index is 12.9. The molecule has 37 heavy (non-hydrogen) atoms. The Bertz CT molecular complexity index is 1300. The van der Waals surface area contributed by atoms with Gasteiger partial charge in [-0.15, -0.1) is 0 Å². The van der Waals surface area contributed by atoms with Gasteiger partial charge in [0.2, 0.25) is 5.91 Å². The van der Waals surface area contributed by atoms with E-state index in [0.29, 0.717) is 18.7 Å². The number of rotatable bonds is 6. The molecule has 188 valence electrons. The van der Waals surface area contributed by atoms with Gasteiger partial charge in [0.15, 0.2) is 5.76 Å². The molecular formula is C30H30N4O3. The summed E-state index contributed by atoms with van der Waals surface area (Å²) in [7, 11) is 0. The van der Waals surface area contributed by atoms with Crippen molar-refractivity contribution in [2.45, 2.75) is 25.8 Å². The van der Waals surface area contributed by atoms with E-state index in [1.54, 1.807) is 19.1 Å². The number of nitriles is 1. The molecule has 2 aromatic carbocycles. The molecule has 1 N–H and O–H groups in total. The van der Waals surface area contributed by atoms with Crippen molar-refractivity contribution < 1.29 is 14.0 Å². The molecule has 1 fully saturated rings. The van der Waals surface area contributed by atoms with Crippen LogP contribution in [0.2, 0.25) is 0 Å². The third kappa shape index (κ3) is 7.10. The molecule has 1 saturated heterocycles. The fraction of sp³-hybridized carbons (Fsp3) is 0.300. The first kappa shape index (κ1) is 25.8. The number of nitrogens with one attached hydrogen (secondary N) is 1. The number of carbonyl (C=O) groups is 2. The predicted molar refractivity (Wildman–Crippen MR) is 141 cm³/mol. The highest BCUT2D eigenvalue weighted by molar-refractivity contribution is 5.95. The number of hydrogen-bond acceptors (Lipinski definition) is 5. The molecule has 2 heterocycles. The van der Waals surface area contributed by atoms with Crippen LogP contribution in [0.25, 0.3) is 11.1 Å². The Morgan fingerprint density at radius 2 is 1.68 bits per heavy atom. The molecule has 0 spiro atoms. The van der Waals surface area contributed by atoms with E-state index in [1.165, 1.54) is 6.26 Å². The van der Waals surface area contributed by atoms with Crippen molar-refractivity contribution in [2.24, 2.45) is 0 Å². The molecule has 1 aliphatic heterocycles. The van der Waals surface area contributed by atoms with Crippen LogP contribution in [0.15, 0.2) is 71.3 Å². The van der Waals surface area contributed by atoms with Crippen LogP contribution in [-0.2, 0) is 4.79 Å². The van der Waals surface area contributed by atoms with Gasteiger partial charge in [-0.1, -0.05) is 36.1 Å². The van der Waals surface area contributed by atoms with Crippen molar-refractivity contribution in [1.29, 1.82) is 5.26 Å². The first-order valence-electron chi connectivity index (χ1n) is 12.5. The Labute approximate surface area is 217 Å². The van der Waals surface area contributed by atoms with Crippen LogP contribution >= 0.6 is 0 Å². The fourth-order valence-electron chi connectivity index (χ4n) is 4.29. The SMILES string of the molecule is C[C@@H](NC(=O)c1ccco1)C(=O)N1CCCN(CCC#Cc2ccc(-c3ccc(C#N)cc3)cc2)CC1. The molecule has 0 radical (unpaired) electrons. The number of carbonyl (C=O) groups excluding carboxylic acids is 2. The summed E-state index contributed by atoms with van der Waals surface area (Å²) in [6.45, 7) is 5.56. The molecule has 4 rings (SSSR count). The minimum Gasteiger partial charge on any atom is -0.459 e. The van der Waals surface area contributed by atoms with Crippen molar-refractivity contribution >= 4 is 11.8 Å². The summed E-state index contributed by atoms with van der Waals surface area (Å²) in [5.41, 5.74) is 3.78. The zero-order valence-corrected chi connectivity index (χ0v) is 20.9. The Morgan fingerprint density at radius 3 is 2.32 bits per heavy atom. The third-order valence-corrected chi connectivity index (χ3v) is 6.38. The molecule has 3 aromatic rings. The second-order valence-corrected chi connectivity index (χ2v) is 9.01. The molecule has 0 saturated carbocycles. The van der Waals surface area contributed by atoms with Crippen molar-refractivity contribution in [3.8, 4) is 29.0 Å². The second-order valence-electron chi connectivity index (χ2n) is 9.01. The van der Waals surface area contributed by atoms with Gasteiger partial charge in [0.25, 0.3) is 5.91 Å². The van der Waals surface area contributed by atoms with Crippen LogP contribution in [0, 0.1) is 23.2 Å². The summed E-state index contributed by atoms with van der Waals surface area (Å²) in [6, 6.07) is 20.4. The van der Waals surface area contributed by atoms with Crippen LogP contribution < -0.4 is 5.32 Å². The van der Waals surface area contributed by atoms with Gasteiger partial charge >= 0.3 is 0 Å². The van der Waals surface area contributed by atoms with E-state index in [0.717, 1.165) is 49.2 Å². The van der Waals surface area contributed by atoms with Crippen LogP contribution in [0.1, 0.15) is 41.4 Å². The Balaban J connectivity index is 1.22. The van der Waals surface area contributed by atoms with E-state index < -0.39 is 6.04 Å². The lowest BCUT2D eigenvalue weighted by Gasteiger charge is -2.25. The summed E-state index contributed by atoms with van der Waals surface area (Å²) in [5.74, 6) is 6.24. The largest absolute Gasteiger partial charge is 0.459 e. The van der Waals surface area contributed by atoms with Gasteiger partial charge in [-0.25, -0.2) is 0 Å². The first-order chi connectivity index (χ1) is 18.0. The molecule has 1 aliphatic rings. The number of hydrogen-bond donors (Lipinski definition) is 1. The molecule has 0 aliphatic carbocycles. The van der Waals surface area contributed by atoms with Gasteiger partial charge in [-0.2, -0.15) is 5.26 Å². The Hall–Kier alpha value is -4.33. The highest BCUT2D eigenvalue weighted by atomic mass is 16.3. The Morgan fingerprint density at radius 1 is 0.973 bits per heavy atom. The van der Waals surface area contributed by atoms with Gasteiger partial charge in [0, 0.05) is 38.2 Å². The molecule has 2 amide bonds. The van der Waals surface area contributed by atoms with Gasteiger partial charge in [-0.3, -0.25) is 9.59 Å². The highest BCUT2D eigenvalue weighted by Gasteiger charge is 2.25. The molecule has 0 bridgehead atoms. The lowest BCUT2D eigenvalue weighted by Crippen LogP contribution is -2.48. The standard InChI is InChI=1S/C30H30N4O3/c1-23(32-29(35)28-7-4-21-37-28)30(36)34-18-5-17-33(19-20-34)16-3-2-6-24-8-12-26(13-9-24)27-14-10-25(22-31)11-15-27/h4,7-15,21,23H,3,5,16-20H2,1H3,(H,32,35)/t23-/m1/s1. The summed E-state index contributed by atoms with van der Waals surface area (Å²) in [5, 5.41) is 11.7. The molecular weight excluding hydrogens is 464 g/mol. The zero-order chi connectivity index (χ0) is 26.0. The van der Waals surface area contributed by atoms with E-state index in [9.17, 15) is 9.59 Å². The lowest BCUT2D eigenvalue weighted by molar-refractivity contribution is -0.132. The van der Waals surface area contributed by atoms with Crippen LogP contribution in [0.5, 0.6) is 0 Å². The fourth-order valence-corrected chi connectivity index (χ4v) is 4.29. The van der Waals surface area contributed by atoms with Crippen LogP contribution in [-0.4, -0.2) is 60.4 Å². The van der Waals surface area contributed by atoms with Gasteiger partial charge in [-0.05, 0) is 67.4 Å². The van der Waals surface area contributed by atoms with Crippen molar-refractivity contribution in [1.82, 2.24) is 15.1 Å². The van der Waals surface area contributed by atoms with Crippen LogP contribution in [0.4, 0.5) is 0 Å². The smallest absolute Gasteiger partial charge is 0.287 e. The zero-order valence-electron chi connectivity index (χ0n) is 20.9. The lowest BCUT2D eigenvalue weighted by atomic mass is 10.0. The molecule has 1 atom stereocenters. The summed E-state index contributed by atoms with van der Waals surface area (Å²) in [6.07, 6.45) is 3.07. The normalized spacial score (nSPS) is 14.5. The molecule has 7 heteroatoms. The maximum absolute atomic E-state index is 12.9. The summed E-state index contributed by atoms with van der Waals surface area (Å²) in [4.78, 5) is 29.2. The van der Waals surface area contributed by atoms with Crippen molar-refractivity contribution in [2.75, 3.05) is 32.7 Å². The summed E-state index contributed by atoms with van der Waals surface area (Å²) >= 11 is 0. The number of nitrogens with zero attached hydrogens (tertiary/aromatic N) is 3. The predicted octanol–water partition coefficient (Wildman–Crippen LogP) is 3.91. The minimum absolute atomic E-state index is 0.0778. The average Bonchev–Trinajstić information content (AvgIpc) is 3.38. The monoisotopic (exact) mass is 494 g/mol. The van der Waals surface area contributed by atoms with Gasteiger partial charge < -0.3 is 19.5 Å². The van der Waals surface area contributed by atoms with Gasteiger partial charge in [0.05, 0.1) is 17.9 Å². The van der Waals surface area contributed by atoms with E-state index in [2.05, 4.69) is 28.1 Å². The topological polar surface area (TPSA) is 89.6 Å². The Kier molecular flexibility index (Phi) is 8.75. The minimum atomic E-state index is -0.613. The number of amides is 2. The quantitative estimate of drug-likeness (QED) is 0.525. The van der Waals surface area contributed by atoms with E-state index in [1.807, 2.05) is 53.4 Å². The number of furan rings is 1. The molecule has 7 nitrogen and oxygen atoms in total. The molecule has 0 unspecified atom stereocenters. The second kappa shape index (κ2) is 12.6. The van der Waals surface area contributed by atoms with E-state index >= 15 is 0 Å². The van der Waals surface area contributed by atoms with E-state index in [4.69, 9.17) is 9.68 Å². The van der Waals surface area contributed by atoms with Crippen molar-refractivity contribution in [3.05, 3.63) is 83.8 Å². The highest BCUT2D eigenvalue weighted by Crippen LogP contribution is 2.20. The third-order valence-electron chi connectivity index (χ3n) is 6.38. The van der Waals surface area contributed by atoms with Crippen LogP contribution in [0.3, 0.4) is 0 Å². The molecule has 1 aromatic heterocycles. The van der Waals surface area contributed by atoms with E-state index in [-0.39, 0.29) is 17.6 Å². The maximum Gasteiger partial charge on any atom is 0.287 e.